The van der Waals surface area contributed by atoms with E-state index in [-0.39, 0.29) is 5.97 Å². The van der Waals surface area contributed by atoms with Gasteiger partial charge in [0, 0.05) is 12.8 Å². The highest BCUT2D eigenvalue weighted by Gasteiger charge is 2.06. The van der Waals surface area contributed by atoms with Gasteiger partial charge in [-0.15, -0.1) is 10.2 Å². The lowest BCUT2D eigenvalue weighted by molar-refractivity contribution is 0.0600. The molecule has 0 amide bonds. The lowest BCUT2D eigenvalue weighted by Gasteiger charge is -2.07. The molecule has 0 aliphatic carbocycles. The summed E-state index contributed by atoms with van der Waals surface area (Å²) < 4.78 is 12.1. The third kappa shape index (κ3) is 3.74. The molecule has 2 rings (SSSR count). The molecule has 1 aromatic carbocycles. The summed E-state index contributed by atoms with van der Waals surface area (Å²) in [7, 11) is 3.25. The second-order valence-corrected chi connectivity index (χ2v) is 5.00. The van der Waals surface area contributed by atoms with Gasteiger partial charge < -0.3 is 14.0 Å². The highest BCUT2D eigenvalue weighted by Crippen LogP contribution is 2.16. The maximum atomic E-state index is 11.4. The zero-order valence-electron chi connectivity index (χ0n) is 11.3. The molecule has 0 aliphatic heterocycles. The van der Waals surface area contributed by atoms with Crippen LogP contribution in [0, 0.1) is 0 Å². The number of methoxy groups -OCH3 is 1. The van der Waals surface area contributed by atoms with E-state index in [9.17, 15) is 4.79 Å². The number of thioether (sulfide) groups is 1. The van der Waals surface area contributed by atoms with Gasteiger partial charge in [-0.3, -0.25) is 0 Å². The smallest absolute Gasteiger partial charge is 0.337 e. The van der Waals surface area contributed by atoms with Crippen LogP contribution in [0.5, 0.6) is 5.75 Å². The maximum absolute atomic E-state index is 11.4. The van der Waals surface area contributed by atoms with Crippen LogP contribution in [-0.2, 0) is 11.8 Å². The fourth-order valence-corrected chi connectivity index (χ4v) is 2.23. The molecule has 0 fully saturated rings. The minimum atomic E-state index is -0.371. The SMILES string of the molecule is COC(=O)c1cccc(OCCSc2nncn2C)c1. The number of hydrogen-bond donors (Lipinski definition) is 0. The topological polar surface area (TPSA) is 66.2 Å². The molecule has 106 valence electrons. The van der Waals surface area contributed by atoms with Crippen molar-refractivity contribution in [3.63, 3.8) is 0 Å². The average Bonchev–Trinajstić information content (AvgIpc) is 2.88. The molecule has 2 aromatic rings. The number of carbonyl (C=O) groups is 1. The lowest BCUT2D eigenvalue weighted by atomic mass is 10.2. The van der Waals surface area contributed by atoms with E-state index >= 15 is 0 Å². The normalized spacial score (nSPS) is 10.3. The van der Waals surface area contributed by atoms with Crippen molar-refractivity contribution < 1.29 is 14.3 Å². The van der Waals surface area contributed by atoms with Crippen LogP contribution in [0.2, 0.25) is 0 Å². The van der Waals surface area contributed by atoms with E-state index in [4.69, 9.17) is 4.74 Å². The van der Waals surface area contributed by atoms with Crippen molar-refractivity contribution in [2.45, 2.75) is 5.16 Å². The van der Waals surface area contributed by atoms with Gasteiger partial charge >= 0.3 is 5.97 Å². The summed E-state index contributed by atoms with van der Waals surface area (Å²) in [6.45, 7) is 0.516. The minimum absolute atomic E-state index is 0.371. The molecule has 0 bridgehead atoms. The summed E-state index contributed by atoms with van der Waals surface area (Å²) in [5, 5.41) is 8.61. The van der Waals surface area contributed by atoms with E-state index in [2.05, 4.69) is 14.9 Å². The Morgan fingerprint density at radius 3 is 3.00 bits per heavy atom. The Bertz CT molecular complexity index is 586. The molecule has 0 unspecified atom stereocenters. The van der Waals surface area contributed by atoms with Crippen molar-refractivity contribution in [3.05, 3.63) is 36.2 Å². The van der Waals surface area contributed by atoms with Crippen LogP contribution in [0.25, 0.3) is 0 Å². The molecule has 0 saturated heterocycles. The van der Waals surface area contributed by atoms with Crippen LogP contribution < -0.4 is 4.74 Å². The lowest BCUT2D eigenvalue weighted by Crippen LogP contribution is -2.04. The van der Waals surface area contributed by atoms with Crippen molar-refractivity contribution in [3.8, 4) is 5.75 Å². The Morgan fingerprint density at radius 2 is 2.30 bits per heavy atom. The van der Waals surface area contributed by atoms with E-state index in [1.165, 1.54) is 7.11 Å². The van der Waals surface area contributed by atoms with Crippen LogP contribution in [0.15, 0.2) is 35.7 Å². The van der Waals surface area contributed by atoms with E-state index in [0.29, 0.717) is 17.9 Å². The zero-order chi connectivity index (χ0) is 14.4. The Labute approximate surface area is 121 Å². The molecule has 0 saturated carbocycles. The van der Waals surface area contributed by atoms with E-state index < -0.39 is 0 Å². The standard InChI is InChI=1S/C13H15N3O3S/c1-16-9-14-15-13(16)20-7-6-19-11-5-3-4-10(8-11)12(17)18-2/h3-5,8-9H,6-7H2,1-2H3. The predicted octanol–water partition coefficient (Wildman–Crippen LogP) is 1.77. The molecule has 0 N–H and O–H groups in total. The molecule has 20 heavy (non-hydrogen) atoms. The molecule has 0 aliphatic rings. The van der Waals surface area contributed by atoms with E-state index in [0.717, 1.165) is 10.9 Å². The number of hydrogen-bond acceptors (Lipinski definition) is 6. The largest absolute Gasteiger partial charge is 0.493 e. The molecular weight excluding hydrogens is 278 g/mol. The first-order valence-electron chi connectivity index (χ1n) is 5.98. The molecule has 1 aromatic heterocycles. The van der Waals surface area contributed by atoms with Gasteiger partial charge in [-0.2, -0.15) is 0 Å². The first kappa shape index (κ1) is 14.4. The Hall–Kier alpha value is -2.02. The number of benzene rings is 1. The number of esters is 1. The van der Waals surface area contributed by atoms with Crippen LogP contribution in [-0.4, -0.2) is 40.2 Å². The van der Waals surface area contributed by atoms with E-state index in [1.807, 2.05) is 11.6 Å². The van der Waals surface area contributed by atoms with Crippen molar-refractivity contribution in [2.75, 3.05) is 19.5 Å². The summed E-state index contributed by atoms with van der Waals surface area (Å²) in [5.41, 5.74) is 0.478. The molecule has 1 heterocycles. The van der Waals surface area contributed by atoms with Gasteiger partial charge in [-0.05, 0) is 18.2 Å². The van der Waals surface area contributed by atoms with Gasteiger partial charge in [0.15, 0.2) is 5.16 Å². The fraction of sp³-hybridized carbons (Fsp3) is 0.308. The number of carbonyl (C=O) groups excluding carboxylic acids is 1. The minimum Gasteiger partial charge on any atom is -0.493 e. The first-order chi connectivity index (χ1) is 9.70. The summed E-state index contributed by atoms with van der Waals surface area (Å²) in [6, 6.07) is 6.92. The first-order valence-corrected chi connectivity index (χ1v) is 6.97. The van der Waals surface area contributed by atoms with Gasteiger partial charge in [0.1, 0.15) is 12.1 Å². The van der Waals surface area contributed by atoms with Crippen LogP contribution in [0.1, 0.15) is 10.4 Å². The number of aryl methyl sites for hydroxylation is 1. The molecule has 0 radical (unpaired) electrons. The second-order valence-electron chi connectivity index (χ2n) is 3.94. The maximum Gasteiger partial charge on any atom is 0.337 e. The summed E-state index contributed by atoms with van der Waals surface area (Å²) in [6.07, 6.45) is 1.66. The highest BCUT2D eigenvalue weighted by molar-refractivity contribution is 7.99. The third-order valence-corrected chi connectivity index (χ3v) is 3.51. The molecule has 7 heteroatoms. The van der Waals surface area contributed by atoms with Crippen molar-refractivity contribution in [1.29, 1.82) is 0 Å². The van der Waals surface area contributed by atoms with Crippen molar-refractivity contribution in [1.82, 2.24) is 14.8 Å². The van der Waals surface area contributed by atoms with Crippen LogP contribution in [0.4, 0.5) is 0 Å². The van der Waals surface area contributed by atoms with Crippen molar-refractivity contribution in [2.24, 2.45) is 7.05 Å². The average molecular weight is 293 g/mol. The Morgan fingerprint density at radius 1 is 1.45 bits per heavy atom. The summed E-state index contributed by atoms with van der Waals surface area (Å²) in [5.74, 6) is 1.02. The predicted molar refractivity (Wildman–Crippen MR) is 75.0 cm³/mol. The second kappa shape index (κ2) is 6.95. The zero-order valence-corrected chi connectivity index (χ0v) is 12.1. The van der Waals surface area contributed by atoms with Crippen LogP contribution in [0.3, 0.4) is 0 Å². The molecule has 0 atom stereocenters. The molecule has 6 nitrogen and oxygen atoms in total. The molecular formula is C13H15N3O3S. The van der Waals surface area contributed by atoms with Gasteiger partial charge in [0.25, 0.3) is 0 Å². The van der Waals surface area contributed by atoms with Gasteiger partial charge in [0.2, 0.25) is 0 Å². The number of nitrogens with zero attached hydrogens (tertiary/aromatic N) is 3. The van der Waals surface area contributed by atoms with Crippen molar-refractivity contribution >= 4 is 17.7 Å². The van der Waals surface area contributed by atoms with Gasteiger partial charge in [0.05, 0.1) is 19.3 Å². The van der Waals surface area contributed by atoms with Gasteiger partial charge in [-0.25, -0.2) is 4.79 Å². The number of rotatable bonds is 6. The molecule has 0 spiro atoms. The number of ether oxygens (including phenoxy) is 2. The quantitative estimate of drug-likeness (QED) is 0.459. The Kier molecular flexibility index (Phi) is 5.00. The third-order valence-electron chi connectivity index (χ3n) is 2.51. The Balaban J connectivity index is 1.82. The number of aromatic nitrogens is 3. The highest BCUT2D eigenvalue weighted by atomic mass is 32.2. The monoisotopic (exact) mass is 293 g/mol. The van der Waals surface area contributed by atoms with Crippen LogP contribution >= 0.6 is 11.8 Å². The summed E-state index contributed by atoms with van der Waals surface area (Å²) in [4.78, 5) is 11.4. The van der Waals surface area contributed by atoms with E-state index in [1.54, 1.807) is 42.4 Å². The fourth-order valence-electron chi connectivity index (χ4n) is 1.53. The summed E-state index contributed by atoms with van der Waals surface area (Å²) >= 11 is 1.56. The van der Waals surface area contributed by atoms with Gasteiger partial charge in [-0.1, -0.05) is 17.8 Å².